The predicted octanol–water partition coefficient (Wildman–Crippen LogP) is 1.68. The van der Waals surface area contributed by atoms with Crippen LogP contribution in [0, 0.1) is 11.3 Å². The molecule has 16 heavy (non-hydrogen) atoms. The molecule has 1 aromatic rings. The Bertz CT molecular complexity index is 379. The number of anilines is 1. The van der Waals surface area contributed by atoms with Gasteiger partial charge in [-0.25, -0.2) is 0 Å². The van der Waals surface area contributed by atoms with Gasteiger partial charge in [-0.1, -0.05) is 33.9 Å². The third kappa shape index (κ3) is 3.02. The predicted molar refractivity (Wildman–Crippen MR) is 71.7 cm³/mol. The van der Waals surface area contributed by atoms with E-state index in [9.17, 15) is 0 Å². The van der Waals surface area contributed by atoms with Crippen LogP contribution in [0.4, 0.5) is 5.13 Å². The van der Waals surface area contributed by atoms with E-state index in [0.29, 0.717) is 11.0 Å². The summed E-state index contributed by atoms with van der Waals surface area (Å²) in [7, 11) is 0. The van der Waals surface area contributed by atoms with Gasteiger partial charge >= 0.3 is 0 Å². The summed E-state index contributed by atoms with van der Waals surface area (Å²) in [6.45, 7) is 2.26. The molecule has 2 rings (SSSR count). The fraction of sp³-hybridized carbons (Fsp3) is 0.667. The van der Waals surface area contributed by atoms with Crippen LogP contribution in [0.2, 0.25) is 0 Å². The molecule has 1 aromatic heterocycles. The van der Waals surface area contributed by atoms with Crippen LogP contribution < -0.4 is 5.32 Å². The zero-order chi connectivity index (χ0) is 11.4. The van der Waals surface area contributed by atoms with Gasteiger partial charge in [-0.3, -0.25) is 4.90 Å². The van der Waals surface area contributed by atoms with Crippen molar-refractivity contribution in [3.8, 4) is 6.07 Å². The molecule has 0 aliphatic carbocycles. The summed E-state index contributed by atoms with van der Waals surface area (Å²) in [6, 6.07) is 2.47. The third-order valence-electron chi connectivity index (χ3n) is 2.60. The summed E-state index contributed by atoms with van der Waals surface area (Å²) in [5.41, 5.74) is 0. The van der Waals surface area contributed by atoms with Crippen LogP contribution in [-0.2, 0) is 0 Å². The SMILES string of the molecule is N#Cc1nnc(NC2CCN(CI)CC2)s1. The lowest BCUT2D eigenvalue weighted by Gasteiger charge is -2.30. The summed E-state index contributed by atoms with van der Waals surface area (Å²) in [4.78, 5) is 2.43. The van der Waals surface area contributed by atoms with Crippen LogP contribution in [0.25, 0.3) is 0 Å². The molecule has 1 fully saturated rings. The lowest BCUT2D eigenvalue weighted by atomic mass is 10.1. The summed E-state index contributed by atoms with van der Waals surface area (Å²) in [5, 5.41) is 20.9. The molecular formula is C9H12IN5S. The maximum atomic E-state index is 8.65. The molecule has 0 saturated carbocycles. The highest BCUT2D eigenvalue weighted by Gasteiger charge is 2.19. The minimum Gasteiger partial charge on any atom is -0.357 e. The molecular weight excluding hydrogens is 337 g/mol. The molecule has 2 heterocycles. The molecule has 0 amide bonds. The van der Waals surface area contributed by atoms with Crippen molar-refractivity contribution >= 4 is 39.1 Å². The lowest BCUT2D eigenvalue weighted by Crippen LogP contribution is -2.38. The zero-order valence-corrected chi connectivity index (χ0v) is 11.7. The minimum absolute atomic E-state index is 0.423. The maximum Gasteiger partial charge on any atom is 0.219 e. The average Bonchev–Trinajstić information content (AvgIpc) is 2.78. The van der Waals surface area contributed by atoms with Crippen molar-refractivity contribution < 1.29 is 0 Å². The van der Waals surface area contributed by atoms with Crippen LogP contribution in [0.5, 0.6) is 0 Å². The normalized spacial score (nSPS) is 18.2. The van der Waals surface area contributed by atoms with Crippen LogP contribution in [0.15, 0.2) is 0 Å². The molecule has 0 aromatic carbocycles. The second-order valence-electron chi connectivity index (χ2n) is 3.68. The molecule has 5 nitrogen and oxygen atoms in total. The van der Waals surface area contributed by atoms with Crippen molar-refractivity contribution in [3.63, 3.8) is 0 Å². The Morgan fingerprint density at radius 3 is 2.81 bits per heavy atom. The molecule has 1 saturated heterocycles. The first kappa shape index (κ1) is 12.0. The molecule has 0 radical (unpaired) electrons. The van der Waals surface area contributed by atoms with Crippen molar-refractivity contribution in [1.82, 2.24) is 15.1 Å². The first-order valence-corrected chi connectivity index (χ1v) is 7.44. The van der Waals surface area contributed by atoms with E-state index in [-0.39, 0.29) is 0 Å². The Labute approximate surface area is 112 Å². The number of hydrogen-bond donors (Lipinski definition) is 1. The van der Waals surface area contributed by atoms with Crippen molar-refractivity contribution in [3.05, 3.63) is 5.01 Å². The van der Waals surface area contributed by atoms with E-state index in [2.05, 4.69) is 43.0 Å². The first-order chi connectivity index (χ1) is 7.81. The number of likely N-dealkylation sites (tertiary alicyclic amines) is 1. The van der Waals surface area contributed by atoms with Crippen LogP contribution >= 0.6 is 33.9 Å². The number of hydrogen-bond acceptors (Lipinski definition) is 6. The number of nitriles is 1. The van der Waals surface area contributed by atoms with Gasteiger partial charge in [0, 0.05) is 19.1 Å². The van der Waals surface area contributed by atoms with Gasteiger partial charge in [-0.15, -0.1) is 10.2 Å². The molecule has 1 N–H and O–H groups in total. The zero-order valence-electron chi connectivity index (χ0n) is 8.69. The fourth-order valence-corrected chi connectivity index (χ4v) is 3.00. The summed E-state index contributed by atoms with van der Waals surface area (Å²) < 4.78 is 1.10. The summed E-state index contributed by atoms with van der Waals surface area (Å²) in [5.74, 6) is 0. The average molecular weight is 349 g/mol. The van der Waals surface area contributed by atoms with Gasteiger partial charge in [-0.05, 0) is 12.8 Å². The monoisotopic (exact) mass is 349 g/mol. The number of nitrogens with one attached hydrogen (secondary N) is 1. The van der Waals surface area contributed by atoms with Gasteiger partial charge < -0.3 is 5.32 Å². The third-order valence-corrected chi connectivity index (χ3v) is 4.33. The van der Waals surface area contributed by atoms with Crippen molar-refractivity contribution in [1.29, 1.82) is 5.26 Å². The van der Waals surface area contributed by atoms with E-state index in [4.69, 9.17) is 5.26 Å². The quantitative estimate of drug-likeness (QED) is 0.511. The van der Waals surface area contributed by atoms with Crippen LogP contribution in [-0.4, -0.2) is 38.8 Å². The van der Waals surface area contributed by atoms with Crippen LogP contribution in [0.1, 0.15) is 17.8 Å². The summed E-state index contributed by atoms with van der Waals surface area (Å²) >= 11 is 3.72. The highest BCUT2D eigenvalue weighted by atomic mass is 127. The van der Waals surface area contributed by atoms with E-state index >= 15 is 0 Å². The Kier molecular flexibility index (Phi) is 4.31. The standard InChI is InChI=1S/C9H12IN5S/c10-6-15-3-1-7(2-4-15)12-9-14-13-8(5-11)16-9/h7H,1-4,6H2,(H,12,14). The molecule has 0 atom stereocenters. The van der Waals surface area contributed by atoms with Crippen molar-refractivity contribution in [2.24, 2.45) is 0 Å². The number of rotatable bonds is 3. The van der Waals surface area contributed by atoms with Gasteiger partial charge in [0.05, 0.1) is 4.55 Å². The maximum absolute atomic E-state index is 8.65. The number of nitrogens with zero attached hydrogens (tertiary/aromatic N) is 4. The van der Waals surface area contributed by atoms with E-state index in [1.54, 1.807) is 0 Å². The van der Waals surface area contributed by atoms with Gasteiger partial charge in [0.15, 0.2) is 0 Å². The van der Waals surface area contributed by atoms with Crippen LogP contribution in [0.3, 0.4) is 0 Å². The van der Waals surface area contributed by atoms with E-state index in [1.165, 1.54) is 11.3 Å². The first-order valence-electron chi connectivity index (χ1n) is 5.10. The smallest absolute Gasteiger partial charge is 0.219 e. The Morgan fingerprint density at radius 1 is 1.50 bits per heavy atom. The summed E-state index contributed by atoms with van der Waals surface area (Å²) in [6.07, 6.45) is 2.26. The van der Waals surface area contributed by atoms with Gasteiger partial charge in [0.1, 0.15) is 6.07 Å². The number of piperidine rings is 1. The minimum atomic E-state index is 0.423. The van der Waals surface area contributed by atoms with Gasteiger partial charge in [0.2, 0.25) is 10.1 Å². The molecule has 0 bridgehead atoms. The Morgan fingerprint density at radius 2 is 2.25 bits per heavy atom. The topological polar surface area (TPSA) is 64.8 Å². The molecule has 7 heteroatoms. The van der Waals surface area contributed by atoms with E-state index in [0.717, 1.165) is 35.6 Å². The number of alkyl halides is 1. The number of halogens is 1. The largest absolute Gasteiger partial charge is 0.357 e. The molecule has 1 aliphatic rings. The second-order valence-corrected chi connectivity index (χ2v) is 5.34. The Hall–Kier alpha value is -0.460. The van der Waals surface area contributed by atoms with Crippen molar-refractivity contribution in [2.75, 3.05) is 23.0 Å². The number of aromatic nitrogens is 2. The molecule has 0 spiro atoms. The van der Waals surface area contributed by atoms with E-state index in [1.807, 2.05) is 6.07 Å². The molecule has 1 aliphatic heterocycles. The lowest BCUT2D eigenvalue weighted by molar-refractivity contribution is 0.259. The van der Waals surface area contributed by atoms with E-state index < -0.39 is 0 Å². The highest BCUT2D eigenvalue weighted by molar-refractivity contribution is 14.1. The second kappa shape index (κ2) is 5.75. The molecule has 0 unspecified atom stereocenters. The van der Waals surface area contributed by atoms with Gasteiger partial charge in [-0.2, -0.15) is 5.26 Å². The fourth-order valence-electron chi connectivity index (χ4n) is 1.70. The Balaban J connectivity index is 1.85. The highest BCUT2D eigenvalue weighted by Crippen LogP contribution is 2.19. The molecule has 86 valence electrons. The van der Waals surface area contributed by atoms with Crippen molar-refractivity contribution in [2.45, 2.75) is 18.9 Å². The van der Waals surface area contributed by atoms with Gasteiger partial charge in [0.25, 0.3) is 0 Å².